The quantitative estimate of drug-likeness (QED) is 0.160. The molecule has 0 saturated carbocycles. The lowest BCUT2D eigenvalue weighted by Crippen LogP contribution is -2.17. The van der Waals surface area contributed by atoms with Gasteiger partial charge in [-0.15, -0.1) is 11.3 Å². The number of hydrogen-bond acceptors (Lipinski definition) is 7. The number of carbonyl (C=O) groups is 1. The van der Waals surface area contributed by atoms with Crippen LogP contribution in [0.1, 0.15) is 15.2 Å². The van der Waals surface area contributed by atoms with Gasteiger partial charge in [0.15, 0.2) is 11.6 Å². The molecule has 0 fully saturated rings. The van der Waals surface area contributed by atoms with E-state index in [1.165, 1.54) is 23.5 Å². The van der Waals surface area contributed by atoms with Crippen molar-refractivity contribution in [3.05, 3.63) is 118 Å². The highest BCUT2D eigenvalue weighted by Crippen LogP contribution is 2.37. The van der Waals surface area contributed by atoms with Crippen molar-refractivity contribution < 1.29 is 22.2 Å². The zero-order valence-corrected chi connectivity index (χ0v) is 26.4. The van der Waals surface area contributed by atoms with Crippen molar-refractivity contribution in [2.45, 2.75) is 11.4 Å². The van der Waals surface area contributed by atoms with E-state index in [0.29, 0.717) is 26.2 Å². The summed E-state index contributed by atoms with van der Waals surface area (Å²) in [7, 11) is -0.947. The molecule has 0 unspecified atom stereocenters. The van der Waals surface area contributed by atoms with Gasteiger partial charge in [-0.05, 0) is 35.9 Å². The number of nitrogens with one attached hydrogen (secondary N) is 1. The van der Waals surface area contributed by atoms with E-state index in [1.54, 1.807) is 72.8 Å². The van der Waals surface area contributed by atoms with E-state index in [9.17, 15) is 17.8 Å². The second-order valence-electron chi connectivity index (χ2n) is 10.4. The van der Waals surface area contributed by atoms with Gasteiger partial charge in [0.25, 0.3) is 16.0 Å². The summed E-state index contributed by atoms with van der Waals surface area (Å²) in [6, 6.07) is 27.1. The Morgan fingerprint density at radius 2 is 1.67 bits per heavy atom. The number of thiophene rings is 1. The highest BCUT2D eigenvalue weighted by atomic mass is 35.5. The molecule has 8 nitrogen and oxygen atoms in total. The van der Waals surface area contributed by atoms with Gasteiger partial charge < -0.3 is 10.2 Å². The summed E-state index contributed by atoms with van der Waals surface area (Å²) in [6.45, 7) is 0.219. The maximum absolute atomic E-state index is 15.8. The molecule has 4 aromatic carbocycles. The molecule has 2 aromatic heterocycles. The summed E-state index contributed by atoms with van der Waals surface area (Å²) in [5, 5.41) is 8.37. The van der Waals surface area contributed by atoms with Gasteiger partial charge in [0.2, 0.25) is 0 Å². The first-order chi connectivity index (χ1) is 21.5. The molecule has 228 valence electrons. The molecule has 45 heavy (non-hydrogen) atoms. The minimum Gasteiger partial charge on any atom is -0.377 e. The number of hydrogen-bond donors (Lipinski definition) is 2. The van der Waals surface area contributed by atoms with Gasteiger partial charge in [0, 0.05) is 52.1 Å². The normalized spacial score (nSPS) is 11.6. The van der Waals surface area contributed by atoms with Gasteiger partial charge in [-0.2, -0.15) is 18.2 Å². The van der Waals surface area contributed by atoms with Crippen molar-refractivity contribution in [1.82, 2.24) is 9.78 Å². The van der Waals surface area contributed by atoms with Crippen LogP contribution in [0.3, 0.4) is 0 Å². The van der Waals surface area contributed by atoms with Crippen molar-refractivity contribution in [2.75, 3.05) is 24.3 Å². The van der Waals surface area contributed by atoms with E-state index in [-0.39, 0.29) is 34.1 Å². The fourth-order valence-electron chi connectivity index (χ4n) is 5.22. The Balaban J connectivity index is 1.40. The monoisotopic (exact) mass is 660 g/mol. The first-order valence-electron chi connectivity index (χ1n) is 13.7. The summed E-state index contributed by atoms with van der Waals surface area (Å²) in [4.78, 5) is 16.2. The molecule has 0 spiro atoms. The van der Waals surface area contributed by atoms with Crippen molar-refractivity contribution >= 4 is 61.2 Å². The number of benzene rings is 4. The molecule has 0 saturated heterocycles. The maximum Gasteiger partial charge on any atom is 0.295 e. The molecule has 2 N–H and O–H groups in total. The number of rotatable bonds is 8. The molecule has 0 atom stereocenters. The second-order valence-corrected chi connectivity index (χ2v) is 13.6. The summed E-state index contributed by atoms with van der Waals surface area (Å²) >= 11 is 7.39. The first-order valence-corrected chi connectivity index (χ1v) is 16.3. The largest absolute Gasteiger partial charge is 0.377 e. The van der Waals surface area contributed by atoms with E-state index >= 15 is 4.39 Å². The molecule has 0 aliphatic heterocycles. The first kappa shape index (κ1) is 30.5. The number of fused-ring (bicyclic) bond motifs is 1. The van der Waals surface area contributed by atoms with Crippen LogP contribution in [0, 0.1) is 5.82 Å². The molecule has 0 radical (unpaired) electrons. The molecular weight excluding hydrogens is 635 g/mol. The van der Waals surface area contributed by atoms with Gasteiger partial charge in [-0.25, -0.2) is 4.39 Å². The Morgan fingerprint density at radius 1 is 0.933 bits per heavy atom. The van der Waals surface area contributed by atoms with Crippen molar-refractivity contribution in [2.24, 2.45) is 0 Å². The Kier molecular flexibility index (Phi) is 8.19. The number of anilines is 2. The van der Waals surface area contributed by atoms with Crippen LogP contribution in [0.4, 0.5) is 15.9 Å². The van der Waals surface area contributed by atoms with Crippen LogP contribution < -0.4 is 10.2 Å². The molecule has 12 heteroatoms. The van der Waals surface area contributed by atoms with Crippen molar-refractivity contribution in [1.29, 1.82) is 0 Å². The van der Waals surface area contributed by atoms with Gasteiger partial charge in [-0.3, -0.25) is 9.35 Å². The van der Waals surface area contributed by atoms with Crippen LogP contribution in [-0.2, 0) is 16.7 Å². The van der Waals surface area contributed by atoms with E-state index in [1.807, 2.05) is 31.1 Å². The zero-order chi connectivity index (χ0) is 31.9. The third kappa shape index (κ3) is 5.95. The smallest absolute Gasteiger partial charge is 0.295 e. The zero-order valence-electron chi connectivity index (χ0n) is 24.0. The van der Waals surface area contributed by atoms with Gasteiger partial charge in [0.05, 0.1) is 10.9 Å². The molecule has 0 aliphatic carbocycles. The lowest BCUT2D eigenvalue weighted by molar-refractivity contribution is 0.0947. The molecule has 6 rings (SSSR count). The summed E-state index contributed by atoms with van der Waals surface area (Å²) in [5.41, 5.74) is 2.23. The Hall–Kier alpha value is -4.55. The number of halogens is 2. The Bertz CT molecular complexity index is 2160. The fraction of sp³-hybridized carbons (Fsp3) is 0.0909. The number of aromatic nitrogens is 2. The third-order valence-corrected chi connectivity index (χ3v) is 9.48. The number of carbonyl (C=O) groups excluding carboxylic acids is 1. The predicted octanol–water partition coefficient (Wildman–Crippen LogP) is 7.84. The van der Waals surface area contributed by atoms with E-state index in [0.717, 1.165) is 15.2 Å². The Labute approximate surface area is 268 Å². The van der Waals surface area contributed by atoms with E-state index in [2.05, 4.69) is 10.4 Å². The summed E-state index contributed by atoms with van der Waals surface area (Å²) in [6.07, 6.45) is 0. The summed E-state index contributed by atoms with van der Waals surface area (Å²) in [5.74, 6) is -1.38. The third-order valence-electron chi connectivity index (χ3n) is 7.30. The van der Waals surface area contributed by atoms with E-state index in [4.69, 9.17) is 11.6 Å². The van der Waals surface area contributed by atoms with Crippen LogP contribution >= 0.6 is 22.9 Å². The molecule has 0 bridgehead atoms. The van der Waals surface area contributed by atoms with E-state index < -0.39 is 21.8 Å². The minimum absolute atomic E-state index is 0.0123. The maximum atomic E-state index is 15.8. The lowest BCUT2D eigenvalue weighted by Gasteiger charge is -2.18. The minimum atomic E-state index is -4.64. The average molecular weight is 661 g/mol. The number of nitrogens with zero attached hydrogens (tertiary/aromatic N) is 3. The molecule has 2 heterocycles. The van der Waals surface area contributed by atoms with Gasteiger partial charge in [-0.1, -0.05) is 78.3 Å². The standard InChI is InChI=1S/C33H26ClFN4O4S2/c1-38(2)27-10-6-9-26-25(27)17-16-24(31(26)45(41,42)43)20-11-13-22(14-12-20)33(40)39-32(36-19-23-15-18-28(34)44-23)29(35)30(37-39)21-7-4-3-5-8-21/h3-18,36H,19H2,1-2H3,(H,41,42,43). The van der Waals surface area contributed by atoms with Crippen LogP contribution in [-0.4, -0.2) is 42.8 Å². The molecule has 0 amide bonds. The van der Waals surface area contributed by atoms with Crippen LogP contribution in [0.2, 0.25) is 4.34 Å². The van der Waals surface area contributed by atoms with Gasteiger partial charge in [0.1, 0.15) is 10.6 Å². The highest BCUT2D eigenvalue weighted by Gasteiger charge is 2.25. The second kappa shape index (κ2) is 12.1. The van der Waals surface area contributed by atoms with Crippen molar-refractivity contribution in [3.8, 4) is 22.4 Å². The average Bonchev–Trinajstić information content (AvgIpc) is 3.60. The lowest BCUT2D eigenvalue weighted by atomic mass is 9.99. The molecular formula is C33H26ClFN4O4S2. The fourth-order valence-corrected chi connectivity index (χ4v) is 7.17. The highest BCUT2D eigenvalue weighted by molar-refractivity contribution is 7.86. The molecule has 0 aliphatic rings. The summed E-state index contributed by atoms with van der Waals surface area (Å²) < 4.78 is 53.0. The predicted molar refractivity (Wildman–Crippen MR) is 178 cm³/mol. The topological polar surface area (TPSA) is 105 Å². The molecule has 6 aromatic rings. The Morgan fingerprint density at radius 3 is 2.31 bits per heavy atom. The van der Waals surface area contributed by atoms with Crippen LogP contribution in [0.25, 0.3) is 33.2 Å². The van der Waals surface area contributed by atoms with Crippen LogP contribution in [0.15, 0.2) is 102 Å². The van der Waals surface area contributed by atoms with Crippen molar-refractivity contribution in [3.63, 3.8) is 0 Å². The SMILES string of the molecule is CN(C)c1cccc2c(S(=O)(=O)O)c(-c3ccc(C(=O)n4nc(-c5ccccc5)c(F)c4NCc4ccc(Cl)s4)cc3)ccc12. The van der Waals surface area contributed by atoms with Gasteiger partial charge >= 0.3 is 0 Å². The van der Waals surface area contributed by atoms with Crippen LogP contribution in [0.5, 0.6) is 0 Å².